The second-order valence-corrected chi connectivity index (χ2v) is 7.15. The molecule has 0 unspecified atom stereocenters. The zero-order chi connectivity index (χ0) is 18.2. The maximum Gasteiger partial charge on any atom is 0.191 e. The van der Waals surface area contributed by atoms with Crippen molar-refractivity contribution in [1.29, 1.82) is 0 Å². The third kappa shape index (κ3) is 5.10. The summed E-state index contributed by atoms with van der Waals surface area (Å²) in [4.78, 5) is 8.90. The summed E-state index contributed by atoms with van der Waals surface area (Å²) in [6.45, 7) is 3.81. The van der Waals surface area contributed by atoms with Crippen molar-refractivity contribution in [2.45, 2.75) is 58.2 Å². The first-order chi connectivity index (χ1) is 12.8. The van der Waals surface area contributed by atoms with Crippen molar-refractivity contribution in [2.75, 3.05) is 7.05 Å². The second kappa shape index (κ2) is 9.41. The van der Waals surface area contributed by atoms with E-state index < -0.39 is 0 Å². The quantitative estimate of drug-likeness (QED) is 0.617. The number of benzene rings is 1. The highest BCUT2D eigenvalue weighted by atomic mass is 15.2. The lowest BCUT2D eigenvalue weighted by Crippen LogP contribution is -2.44. The zero-order valence-corrected chi connectivity index (χ0v) is 16.0. The van der Waals surface area contributed by atoms with Gasteiger partial charge in [0.25, 0.3) is 0 Å². The molecule has 1 aliphatic rings. The molecule has 0 aliphatic heterocycles. The molecule has 1 aromatic heterocycles. The molecule has 5 heteroatoms. The second-order valence-electron chi connectivity index (χ2n) is 7.15. The van der Waals surface area contributed by atoms with E-state index in [4.69, 9.17) is 0 Å². The van der Waals surface area contributed by atoms with Crippen LogP contribution in [0, 0.1) is 5.92 Å². The van der Waals surface area contributed by atoms with Crippen LogP contribution < -0.4 is 10.6 Å². The Labute approximate surface area is 156 Å². The highest BCUT2D eigenvalue weighted by Crippen LogP contribution is 2.26. The number of nitrogens with zero attached hydrogens (tertiary/aromatic N) is 3. The third-order valence-electron chi connectivity index (χ3n) is 5.40. The number of nitrogens with one attached hydrogen (secondary N) is 2. The largest absolute Gasteiger partial charge is 0.354 e. The van der Waals surface area contributed by atoms with Crippen LogP contribution in [0.3, 0.4) is 0 Å². The summed E-state index contributed by atoms with van der Waals surface area (Å²) in [5.74, 6) is 2.80. The average Bonchev–Trinajstić information content (AvgIpc) is 3.13. The summed E-state index contributed by atoms with van der Waals surface area (Å²) < 4.78 is 2.18. The summed E-state index contributed by atoms with van der Waals surface area (Å²) in [5.41, 5.74) is 1.28. The molecular formula is C21H31N5. The van der Waals surface area contributed by atoms with Crippen molar-refractivity contribution in [3.63, 3.8) is 0 Å². The molecule has 0 spiro atoms. The van der Waals surface area contributed by atoms with Gasteiger partial charge in [-0.2, -0.15) is 0 Å². The number of rotatable bonds is 6. The first-order valence-corrected chi connectivity index (χ1v) is 9.79. The molecule has 1 heterocycles. The van der Waals surface area contributed by atoms with Crippen LogP contribution >= 0.6 is 0 Å². The lowest BCUT2D eigenvalue weighted by atomic mass is 9.84. The Morgan fingerprint density at radius 3 is 2.65 bits per heavy atom. The lowest BCUT2D eigenvalue weighted by molar-refractivity contribution is 0.304. The van der Waals surface area contributed by atoms with Crippen molar-refractivity contribution in [3.05, 3.63) is 54.1 Å². The zero-order valence-electron chi connectivity index (χ0n) is 16.0. The Kier molecular flexibility index (Phi) is 6.69. The van der Waals surface area contributed by atoms with Crippen LogP contribution in [0.25, 0.3) is 0 Å². The smallest absolute Gasteiger partial charge is 0.191 e. The van der Waals surface area contributed by atoms with Crippen molar-refractivity contribution in [3.8, 4) is 0 Å². The first-order valence-electron chi connectivity index (χ1n) is 9.79. The fraction of sp³-hybridized carbons (Fsp3) is 0.524. The summed E-state index contributed by atoms with van der Waals surface area (Å²) in [7, 11) is 1.84. The molecule has 1 fully saturated rings. The Morgan fingerprint density at radius 2 is 1.96 bits per heavy atom. The van der Waals surface area contributed by atoms with Gasteiger partial charge in [0.05, 0.1) is 6.54 Å². The van der Waals surface area contributed by atoms with Gasteiger partial charge in [0.15, 0.2) is 5.96 Å². The van der Waals surface area contributed by atoms with E-state index in [1.165, 1.54) is 37.7 Å². The monoisotopic (exact) mass is 353 g/mol. The van der Waals surface area contributed by atoms with E-state index in [1.807, 2.05) is 25.5 Å². The van der Waals surface area contributed by atoms with Crippen LogP contribution in [0.1, 0.15) is 50.4 Å². The third-order valence-corrected chi connectivity index (χ3v) is 5.40. The standard InChI is InChI=1S/C21H31N5/c1-3-17-9-11-19(12-10-17)25-21(22-2)24-15-20-23-13-14-26(20)16-18-7-5-4-6-8-18/h4-8,13-14,17,19H,3,9-12,15-16H2,1-2H3,(H2,22,24,25). The number of guanidine groups is 1. The number of hydrogen-bond acceptors (Lipinski definition) is 2. The SMILES string of the molecule is CCC1CCC(NC(=NC)NCc2nccn2Cc2ccccc2)CC1. The van der Waals surface area contributed by atoms with Gasteiger partial charge in [-0.25, -0.2) is 4.98 Å². The van der Waals surface area contributed by atoms with Gasteiger partial charge in [0.2, 0.25) is 0 Å². The predicted octanol–water partition coefficient (Wildman–Crippen LogP) is 3.57. The molecule has 0 atom stereocenters. The summed E-state index contributed by atoms with van der Waals surface area (Å²) in [6, 6.07) is 11.0. The van der Waals surface area contributed by atoms with E-state index in [-0.39, 0.29) is 0 Å². The number of aliphatic imine (C=N–C) groups is 1. The van der Waals surface area contributed by atoms with Crippen LogP contribution in [-0.2, 0) is 13.1 Å². The highest BCUT2D eigenvalue weighted by molar-refractivity contribution is 5.79. The first kappa shape index (κ1) is 18.5. The van der Waals surface area contributed by atoms with Crippen molar-refractivity contribution in [2.24, 2.45) is 10.9 Å². The van der Waals surface area contributed by atoms with Gasteiger partial charge < -0.3 is 15.2 Å². The van der Waals surface area contributed by atoms with E-state index in [0.29, 0.717) is 12.6 Å². The van der Waals surface area contributed by atoms with Crippen molar-refractivity contribution >= 4 is 5.96 Å². The van der Waals surface area contributed by atoms with Crippen LogP contribution in [0.4, 0.5) is 0 Å². The molecule has 0 amide bonds. The Bertz CT molecular complexity index is 683. The molecule has 1 saturated carbocycles. The molecule has 2 aromatic rings. The van der Waals surface area contributed by atoms with Gasteiger partial charge in [-0.05, 0) is 37.2 Å². The Balaban J connectivity index is 1.51. The summed E-state index contributed by atoms with van der Waals surface area (Å²) in [5, 5.41) is 7.01. The van der Waals surface area contributed by atoms with Crippen molar-refractivity contribution in [1.82, 2.24) is 20.2 Å². The lowest BCUT2D eigenvalue weighted by Gasteiger charge is -2.29. The van der Waals surface area contributed by atoms with Crippen LogP contribution in [0.5, 0.6) is 0 Å². The number of aromatic nitrogens is 2. The van der Waals surface area contributed by atoms with Gasteiger partial charge in [-0.1, -0.05) is 43.7 Å². The van der Waals surface area contributed by atoms with Gasteiger partial charge in [-0.15, -0.1) is 0 Å². The molecule has 1 aliphatic carbocycles. The molecule has 0 bridgehead atoms. The van der Waals surface area contributed by atoms with Crippen LogP contribution in [-0.4, -0.2) is 28.6 Å². The molecular weight excluding hydrogens is 322 g/mol. The molecule has 3 rings (SSSR count). The molecule has 1 aromatic carbocycles. The van der Waals surface area contributed by atoms with E-state index >= 15 is 0 Å². The molecule has 26 heavy (non-hydrogen) atoms. The molecule has 5 nitrogen and oxygen atoms in total. The fourth-order valence-electron chi connectivity index (χ4n) is 3.70. The number of imidazole rings is 1. The average molecular weight is 354 g/mol. The molecule has 0 radical (unpaired) electrons. The predicted molar refractivity (Wildman–Crippen MR) is 107 cm³/mol. The van der Waals surface area contributed by atoms with Crippen LogP contribution in [0.15, 0.2) is 47.7 Å². The van der Waals surface area contributed by atoms with Gasteiger partial charge >= 0.3 is 0 Å². The maximum absolute atomic E-state index is 4.50. The normalized spacial score (nSPS) is 20.8. The number of hydrogen-bond donors (Lipinski definition) is 2. The van der Waals surface area contributed by atoms with E-state index in [9.17, 15) is 0 Å². The Morgan fingerprint density at radius 1 is 1.19 bits per heavy atom. The topological polar surface area (TPSA) is 54.2 Å². The van der Waals surface area contributed by atoms with E-state index in [0.717, 1.165) is 24.2 Å². The maximum atomic E-state index is 4.50. The minimum absolute atomic E-state index is 0.535. The van der Waals surface area contributed by atoms with E-state index in [2.05, 4.69) is 56.4 Å². The molecule has 0 saturated heterocycles. The van der Waals surface area contributed by atoms with Crippen molar-refractivity contribution < 1.29 is 0 Å². The van der Waals surface area contributed by atoms with E-state index in [1.54, 1.807) is 0 Å². The summed E-state index contributed by atoms with van der Waals surface area (Å²) >= 11 is 0. The molecule has 140 valence electrons. The van der Waals surface area contributed by atoms with Gasteiger partial charge in [0, 0.05) is 32.0 Å². The summed E-state index contributed by atoms with van der Waals surface area (Å²) in [6.07, 6.45) is 10.3. The minimum atomic E-state index is 0.535. The Hall–Kier alpha value is -2.30. The van der Waals surface area contributed by atoms with Gasteiger partial charge in [0.1, 0.15) is 5.82 Å². The van der Waals surface area contributed by atoms with Gasteiger partial charge in [-0.3, -0.25) is 4.99 Å². The minimum Gasteiger partial charge on any atom is -0.354 e. The van der Waals surface area contributed by atoms with Crippen LogP contribution in [0.2, 0.25) is 0 Å². The fourth-order valence-corrected chi connectivity index (χ4v) is 3.70. The highest BCUT2D eigenvalue weighted by Gasteiger charge is 2.20. The molecule has 2 N–H and O–H groups in total.